The summed E-state index contributed by atoms with van der Waals surface area (Å²) in [5, 5.41) is -0.514. The van der Waals surface area contributed by atoms with E-state index in [1.165, 1.54) is 4.90 Å². The van der Waals surface area contributed by atoms with Crippen molar-refractivity contribution in [3.05, 3.63) is 0 Å². The van der Waals surface area contributed by atoms with Gasteiger partial charge in [0.1, 0.15) is 5.25 Å². The third-order valence-electron chi connectivity index (χ3n) is 4.42. The Kier molecular flexibility index (Phi) is 5.73. The SMILES string of the molecule is C[C@H](NS(=O)(=O)[C@@H]1CCOC1)C1CCN(CC(F)(F)F)CC1. The molecule has 0 saturated carbocycles. The smallest absolute Gasteiger partial charge is 0.380 e. The highest BCUT2D eigenvalue weighted by Crippen LogP contribution is 2.25. The third kappa shape index (κ3) is 5.07. The van der Waals surface area contributed by atoms with Gasteiger partial charge in [-0.15, -0.1) is 0 Å². The standard InChI is InChI=1S/C13H23F3N2O3S/c1-10(17-22(19,20)12-4-7-21-8-12)11-2-5-18(6-3-11)9-13(14,15)16/h10-12,17H,2-9H2,1H3/t10-,12+/m0/s1. The Bertz CT molecular complexity index is 456. The zero-order valence-electron chi connectivity index (χ0n) is 12.6. The highest BCUT2D eigenvalue weighted by atomic mass is 32.2. The number of piperidine rings is 1. The van der Waals surface area contributed by atoms with E-state index in [-0.39, 0.29) is 18.6 Å². The summed E-state index contributed by atoms with van der Waals surface area (Å²) in [4.78, 5) is 1.38. The van der Waals surface area contributed by atoms with Crippen molar-refractivity contribution in [2.45, 2.75) is 43.7 Å². The van der Waals surface area contributed by atoms with Crippen LogP contribution in [-0.2, 0) is 14.8 Å². The second-order valence-electron chi connectivity index (χ2n) is 6.17. The van der Waals surface area contributed by atoms with Gasteiger partial charge < -0.3 is 4.74 Å². The van der Waals surface area contributed by atoms with Crippen LogP contribution in [0, 0.1) is 5.92 Å². The average molecular weight is 344 g/mol. The molecular weight excluding hydrogens is 321 g/mol. The summed E-state index contributed by atoms with van der Waals surface area (Å²) in [7, 11) is -3.42. The lowest BCUT2D eigenvalue weighted by atomic mass is 9.91. The highest BCUT2D eigenvalue weighted by molar-refractivity contribution is 7.90. The number of hydrogen-bond acceptors (Lipinski definition) is 4. The number of rotatable bonds is 5. The van der Waals surface area contributed by atoms with Crippen LogP contribution in [-0.4, -0.2) is 63.6 Å². The molecule has 0 aromatic carbocycles. The lowest BCUT2D eigenvalue weighted by Crippen LogP contribution is -2.47. The fourth-order valence-corrected chi connectivity index (χ4v) is 4.66. The summed E-state index contributed by atoms with van der Waals surface area (Å²) in [5.74, 6) is 0.0709. The predicted molar refractivity (Wildman–Crippen MR) is 76.0 cm³/mol. The maximum absolute atomic E-state index is 12.3. The summed E-state index contributed by atoms with van der Waals surface area (Å²) in [6.45, 7) is 2.27. The molecule has 2 aliphatic rings. The Balaban J connectivity index is 1.81. The lowest BCUT2D eigenvalue weighted by molar-refractivity contribution is -0.148. The molecule has 0 aliphatic carbocycles. The van der Waals surface area contributed by atoms with Gasteiger partial charge in [0, 0.05) is 12.6 Å². The molecule has 5 nitrogen and oxygen atoms in total. The van der Waals surface area contributed by atoms with Crippen molar-refractivity contribution in [2.75, 3.05) is 32.8 Å². The molecule has 22 heavy (non-hydrogen) atoms. The molecule has 0 aromatic heterocycles. The number of ether oxygens (including phenoxy) is 1. The van der Waals surface area contributed by atoms with Gasteiger partial charge in [-0.3, -0.25) is 4.90 Å². The van der Waals surface area contributed by atoms with Gasteiger partial charge in [-0.1, -0.05) is 0 Å². The van der Waals surface area contributed by atoms with Crippen molar-refractivity contribution in [1.29, 1.82) is 0 Å². The number of sulfonamides is 1. The number of halogens is 3. The van der Waals surface area contributed by atoms with E-state index in [2.05, 4.69) is 4.72 Å². The molecular formula is C13H23F3N2O3S. The Morgan fingerprint density at radius 1 is 1.27 bits per heavy atom. The number of nitrogens with zero attached hydrogens (tertiary/aromatic N) is 1. The average Bonchev–Trinajstić information content (AvgIpc) is 2.91. The topological polar surface area (TPSA) is 58.6 Å². The molecule has 130 valence electrons. The van der Waals surface area contributed by atoms with Crippen molar-refractivity contribution in [1.82, 2.24) is 9.62 Å². The summed E-state index contributed by atoms with van der Waals surface area (Å²) in [6, 6.07) is -0.265. The van der Waals surface area contributed by atoms with E-state index in [1.807, 2.05) is 0 Å². The third-order valence-corrected chi connectivity index (χ3v) is 6.37. The molecule has 0 bridgehead atoms. The second-order valence-corrected chi connectivity index (χ2v) is 8.16. The number of hydrogen-bond donors (Lipinski definition) is 1. The van der Waals surface area contributed by atoms with Crippen molar-refractivity contribution >= 4 is 10.0 Å². The summed E-state index contributed by atoms with van der Waals surface area (Å²) in [5.41, 5.74) is 0. The van der Waals surface area contributed by atoms with Crippen LogP contribution in [0.3, 0.4) is 0 Å². The minimum Gasteiger partial charge on any atom is -0.380 e. The summed E-state index contributed by atoms with van der Waals surface area (Å²) in [6.07, 6.45) is -2.55. The molecule has 2 fully saturated rings. The predicted octanol–water partition coefficient (Wildman–Crippen LogP) is 1.36. The van der Waals surface area contributed by atoms with Gasteiger partial charge in [-0.05, 0) is 45.2 Å². The van der Waals surface area contributed by atoms with Crippen LogP contribution < -0.4 is 4.72 Å². The van der Waals surface area contributed by atoms with Gasteiger partial charge in [-0.2, -0.15) is 13.2 Å². The lowest BCUT2D eigenvalue weighted by Gasteiger charge is -2.35. The van der Waals surface area contributed by atoms with Gasteiger partial charge in [0.25, 0.3) is 0 Å². The van der Waals surface area contributed by atoms with Gasteiger partial charge in [0.2, 0.25) is 10.0 Å². The van der Waals surface area contributed by atoms with Crippen LogP contribution >= 0.6 is 0 Å². The van der Waals surface area contributed by atoms with E-state index in [1.54, 1.807) is 6.92 Å². The Morgan fingerprint density at radius 2 is 1.91 bits per heavy atom. The molecule has 2 aliphatic heterocycles. The largest absolute Gasteiger partial charge is 0.401 e. The van der Waals surface area contributed by atoms with Crippen molar-refractivity contribution in [3.8, 4) is 0 Å². The molecule has 2 atom stereocenters. The van der Waals surface area contributed by atoms with Gasteiger partial charge in [0.15, 0.2) is 0 Å². The van der Waals surface area contributed by atoms with Crippen LogP contribution in [0.5, 0.6) is 0 Å². The van der Waals surface area contributed by atoms with Crippen LogP contribution in [0.15, 0.2) is 0 Å². The van der Waals surface area contributed by atoms with E-state index < -0.39 is 28.0 Å². The molecule has 0 radical (unpaired) electrons. The zero-order chi connectivity index (χ0) is 16.4. The maximum Gasteiger partial charge on any atom is 0.401 e. The number of alkyl halides is 3. The molecule has 0 aromatic rings. The molecule has 0 spiro atoms. The van der Waals surface area contributed by atoms with Crippen molar-refractivity contribution in [2.24, 2.45) is 5.92 Å². The van der Waals surface area contributed by atoms with E-state index >= 15 is 0 Å². The van der Waals surface area contributed by atoms with E-state index in [4.69, 9.17) is 4.74 Å². The van der Waals surface area contributed by atoms with Gasteiger partial charge >= 0.3 is 6.18 Å². The second kappa shape index (κ2) is 7.02. The van der Waals surface area contributed by atoms with E-state index in [0.29, 0.717) is 39.0 Å². The van der Waals surface area contributed by atoms with Crippen molar-refractivity contribution in [3.63, 3.8) is 0 Å². The van der Waals surface area contributed by atoms with Crippen LogP contribution in [0.25, 0.3) is 0 Å². The first-order valence-electron chi connectivity index (χ1n) is 7.55. The first-order valence-corrected chi connectivity index (χ1v) is 9.10. The van der Waals surface area contributed by atoms with Crippen molar-refractivity contribution < 1.29 is 26.3 Å². The van der Waals surface area contributed by atoms with Crippen LogP contribution in [0.4, 0.5) is 13.2 Å². The first kappa shape index (κ1) is 18.0. The fraction of sp³-hybridized carbons (Fsp3) is 1.00. The minimum absolute atomic E-state index is 0.0709. The number of nitrogens with one attached hydrogen (secondary N) is 1. The molecule has 9 heteroatoms. The monoisotopic (exact) mass is 344 g/mol. The first-order chi connectivity index (χ1) is 10.2. The van der Waals surface area contributed by atoms with E-state index in [9.17, 15) is 21.6 Å². The van der Waals surface area contributed by atoms with Gasteiger partial charge in [-0.25, -0.2) is 13.1 Å². The van der Waals surface area contributed by atoms with Crippen LogP contribution in [0.2, 0.25) is 0 Å². The molecule has 2 rings (SSSR count). The zero-order valence-corrected chi connectivity index (χ0v) is 13.4. The van der Waals surface area contributed by atoms with Crippen LogP contribution in [0.1, 0.15) is 26.2 Å². The highest BCUT2D eigenvalue weighted by Gasteiger charge is 2.35. The molecule has 0 amide bonds. The fourth-order valence-electron chi connectivity index (χ4n) is 3.07. The quantitative estimate of drug-likeness (QED) is 0.818. The summed E-state index contributed by atoms with van der Waals surface area (Å²) < 4.78 is 69.2. The minimum atomic E-state index is -4.18. The summed E-state index contributed by atoms with van der Waals surface area (Å²) >= 11 is 0. The molecule has 2 saturated heterocycles. The normalized spacial score (nSPS) is 27.2. The Morgan fingerprint density at radius 3 is 2.41 bits per heavy atom. The Hall–Kier alpha value is -0.380. The molecule has 1 N–H and O–H groups in total. The molecule has 2 heterocycles. The maximum atomic E-state index is 12.3. The number of likely N-dealkylation sites (tertiary alicyclic amines) is 1. The van der Waals surface area contributed by atoms with E-state index in [0.717, 1.165) is 0 Å². The molecule has 0 unspecified atom stereocenters. The Labute approximate surface area is 129 Å². The van der Waals surface area contributed by atoms with Gasteiger partial charge in [0.05, 0.1) is 13.2 Å².